The lowest BCUT2D eigenvalue weighted by Crippen LogP contribution is -2.35. The third-order valence-electron chi connectivity index (χ3n) is 3.16. The van der Waals surface area contributed by atoms with Crippen LogP contribution in [-0.2, 0) is 9.59 Å². The van der Waals surface area contributed by atoms with Gasteiger partial charge in [0.15, 0.2) is 0 Å². The second-order valence-electron chi connectivity index (χ2n) is 4.63. The van der Waals surface area contributed by atoms with E-state index in [9.17, 15) is 9.59 Å². The van der Waals surface area contributed by atoms with Gasteiger partial charge in [0, 0.05) is 38.5 Å². The van der Waals surface area contributed by atoms with Gasteiger partial charge in [0.1, 0.15) is 0 Å². The zero-order chi connectivity index (χ0) is 13.5. The SMILES string of the molecule is CC1CC(=O)N(CCCN(CCO)CCO)C1=O. The normalized spacial score (nSPS) is 20.2. The molecule has 0 aliphatic carbocycles. The Hall–Kier alpha value is -0.980. The van der Waals surface area contributed by atoms with Gasteiger partial charge in [-0.05, 0) is 6.42 Å². The molecule has 0 aromatic heterocycles. The second-order valence-corrected chi connectivity index (χ2v) is 4.63. The van der Waals surface area contributed by atoms with E-state index in [1.165, 1.54) is 4.90 Å². The number of rotatable bonds is 8. The molecule has 0 aromatic carbocycles. The first-order valence-electron chi connectivity index (χ1n) is 6.38. The Labute approximate surface area is 107 Å². The summed E-state index contributed by atoms with van der Waals surface area (Å²) in [6.45, 7) is 3.93. The lowest BCUT2D eigenvalue weighted by Gasteiger charge is -2.21. The standard InChI is InChI=1S/C12H22N2O4/c1-10-9-11(17)14(12(10)18)4-2-3-13(5-7-15)6-8-16/h10,15-16H,2-9H2,1H3. The Morgan fingerprint density at radius 2 is 1.83 bits per heavy atom. The van der Waals surface area contributed by atoms with Crippen LogP contribution in [0, 0.1) is 5.92 Å². The van der Waals surface area contributed by atoms with Crippen LogP contribution in [-0.4, -0.2) is 71.2 Å². The molecule has 2 amide bonds. The summed E-state index contributed by atoms with van der Waals surface area (Å²) < 4.78 is 0. The Bertz CT molecular complexity index is 290. The van der Waals surface area contributed by atoms with Crippen molar-refractivity contribution in [1.82, 2.24) is 9.80 Å². The quantitative estimate of drug-likeness (QED) is 0.549. The van der Waals surface area contributed by atoms with Gasteiger partial charge in [-0.2, -0.15) is 0 Å². The number of aliphatic hydroxyl groups is 2. The van der Waals surface area contributed by atoms with Crippen molar-refractivity contribution in [3.8, 4) is 0 Å². The summed E-state index contributed by atoms with van der Waals surface area (Å²) in [5.74, 6) is -0.372. The largest absolute Gasteiger partial charge is 0.395 e. The molecule has 1 rings (SSSR count). The summed E-state index contributed by atoms with van der Waals surface area (Å²) in [6.07, 6.45) is 0.986. The molecule has 0 saturated carbocycles. The van der Waals surface area contributed by atoms with Gasteiger partial charge in [0.05, 0.1) is 13.2 Å². The van der Waals surface area contributed by atoms with Crippen LogP contribution >= 0.6 is 0 Å². The van der Waals surface area contributed by atoms with Gasteiger partial charge in [-0.3, -0.25) is 19.4 Å². The van der Waals surface area contributed by atoms with Gasteiger partial charge in [-0.15, -0.1) is 0 Å². The second kappa shape index (κ2) is 7.45. The van der Waals surface area contributed by atoms with Crippen LogP contribution < -0.4 is 0 Å². The highest BCUT2D eigenvalue weighted by atomic mass is 16.3. The average Bonchev–Trinajstić information content (AvgIpc) is 2.56. The Morgan fingerprint density at radius 3 is 2.28 bits per heavy atom. The molecule has 1 aliphatic rings. The number of amides is 2. The Morgan fingerprint density at radius 1 is 1.22 bits per heavy atom. The maximum atomic E-state index is 11.7. The van der Waals surface area contributed by atoms with Gasteiger partial charge in [0.25, 0.3) is 0 Å². The van der Waals surface area contributed by atoms with Crippen LogP contribution in [0.15, 0.2) is 0 Å². The molecule has 6 heteroatoms. The summed E-state index contributed by atoms with van der Waals surface area (Å²) in [5, 5.41) is 17.7. The van der Waals surface area contributed by atoms with Crippen LogP contribution in [0.3, 0.4) is 0 Å². The minimum Gasteiger partial charge on any atom is -0.395 e. The fourth-order valence-corrected chi connectivity index (χ4v) is 2.15. The van der Waals surface area contributed by atoms with Crippen molar-refractivity contribution >= 4 is 11.8 Å². The minimum absolute atomic E-state index is 0.0403. The number of hydrogen-bond acceptors (Lipinski definition) is 5. The number of hydrogen-bond donors (Lipinski definition) is 2. The highest BCUT2D eigenvalue weighted by Gasteiger charge is 2.34. The van der Waals surface area contributed by atoms with Crippen molar-refractivity contribution in [3.05, 3.63) is 0 Å². The Kier molecular flexibility index (Phi) is 6.24. The van der Waals surface area contributed by atoms with Crippen molar-refractivity contribution in [1.29, 1.82) is 0 Å². The van der Waals surface area contributed by atoms with E-state index in [0.717, 1.165) is 0 Å². The van der Waals surface area contributed by atoms with Crippen LogP contribution in [0.2, 0.25) is 0 Å². The minimum atomic E-state index is -0.191. The first-order valence-corrected chi connectivity index (χ1v) is 6.38. The van der Waals surface area contributed by atoms with E-state index < -0.39 is 0 Å². The first kappa shape index (κ1) is 15.1. The maximum absolute atomic E-state index is 11.7. The predicted octanol–water partition coefficient (Wildman–Crippen LogP) is -0.942. The Balaban J connectivity index is 2.31. The average molecular weight is 258 g/mol. The number of aliphatic hydroxyl groups excluding tert-OH is 2. The number of imide groups is 1. The summed E-state index contributed by atoms with van der Waals surface area (Å²) in [6, 6.07) is 0. The third-order valence-corrected chi connectivity index (χ3v) is 3.16. The summed E-state index contributed by atoms with van der Waals surface area (Å²) in [7, 11) is 0. The molecule has 0 radical (unpaired) electrons. The number of likely N-dealkylation sites (tertiary alicyclic amines) is 1. The third kappa shape index (κ3) is 4.04. The summed E-state index contributed by atoms with van der Waals surface area (Å²) in [5.41, 5.74) is 0. The lowest BCUT2D eigenvalue weighted by molar-refractivity contribution is -0.139. The van der Waals surface area contributed by atoms with E-state index in [4.69, 9.17) is 10.2 Å². The molecular formula is C12H22N2O4. The van der Waals surface area contributed by atoms with Crippen LogP contribution in [0.25, 0.3) is 0 Å². The molecule has 1 aliphatic heterocycles. The van der Waals surface area contributed by atoms with E-state index in [2.05, 4.69) is 0 Å². The van der Waals surface area contributed by atoms with Gasteiger partial charge >= 0.3 is 0 Å². The van der Waals surface area contributed by atoms with Gasteiger partial charge in [-0.25, -0.2) is 0 Å². The monoisotopic (exact) mass is 258 g/mol. The van der Waals surface area contributed by atoms with E-state index in [1.54, 1.807) is 6.92 Å². The van der Waals surface area contributed by atoms with Gasteiger partial charge < -0.3 is 10.2 Å². The molecule has 1 unspecified atom stereocenters. The molecule has 1 heterocycles. The van der Waals surface area contributed by atoms with E-state index in [1.807, 2.05) is 4.90 Å². The van der Waals surface area contributed by atoms with Crippen LogP contribution in [0.1, 0.15) is 19.8 Å². The summed E-state index contributed by atoms with van der Waals surface area (Å²) >= 11 is 0. The highest BCUT2D eigenvalue weighted by molar-refractivity contribution is 6.03. The molecule has 6 nitrogen and oxygen atoms in total. The number of carbonyl (C=O) groups excluding carboxylic acids is 2. The van der Waals surface area contributed by atoms with Crippen molar-refractivity contribution in [2.75, 3.05) is 39.4 Å². The topological polar surface area (TPSA) is 81.1 Å². The van der Waals surface area contributed by atoms with E-state index in [-0.39, 0.29) is 30.9 Å². The zero-order valence-corrected chi connectivity index (χ0v) is 10.8. The lowest BCUT2D eigenvalue weighted by atomic mass is 10.1. The van der Waals surface area contributed by atoms with E-state index >= 15 is 0 Å². The molecule has 1 atom stereocenters. The molecule has 104 valence electrons. The van der Waals surface area contributed by atoms with Crippen LogP contribution in [0.4, 0.5) is 0 Å². The molecular weight excluding hydrogens is 236 g/mol. The smallest absolute Gasteiger partial charge is 0.232 e. The first-order chi connectivity index (χ1) is 8.60. The van der Waals surface area contributed by atoms with E-state index in [0.29, 0.717) is 39.0 Å². The molecule has 2 N–H and O–H groups in total. The van der Waals surface area contributed by atoms with Crippen molar-refractivity contribution in [2.45, 2.75) is 19.8 Å². The zero-order valence-electron chi connectivity index (χ0n) is 10.8. The molecule has 18 heavy (non-hydrogen) atoms. The number of nitrogens with zero attached hydrogens (tertiary/aromatic N) is 2. The van der Waals surface area contributed by atoms with Gasteiger partial charge in [0.2, 0.25) is 11.8 Å². The van der Waals surface area contributed by atoms with Gasteiger partial charge in [-0.1, -0.05) is 6.92 Å². The summed E-state index contributed by atoms with van der Waals surface area (Å²) in [4.78, 5) is 26.4. The van der Waals surface area contributed by atoms with Crippen LogP contribution in [0.5, 0.6) is 0 Å². The highest BCUT2D eigenvalue weighted by Crippen LogP contribution is 2.18. The van der Waals surface area contributed by atoms with Crippen molar-refractivity contribution in [3.63, 3.8) is 0 Å². The fraction of sp³-hybridized carbons (Fsp3) is 0.833. The number of carbonyl (C=O) groups is 2. The van der Waals surface area contributed by atoms with Crippen molar-refractivity contribution < 1.29 is 19.8 Å². The van der Waals surface area contributed by atoms with Crippen molar-refractivity contribution in [2.24, 2.45) is 5.92 Å². The molecule has 1 fully saturated rings. The molecule has 1 saturated heterocycles. The molecule has 0 spiro atoms. The molecule has 0 aromatic rings. The fourth-order valence-electron chi connectivity index (χ4n) is 2.15. The predicted molar refractivity (Wildman–Crippen MR) is 65.7 cm³/mol. The molecule has 0 bridgehead atoms. The maximum Gasteiger partial charge on any atom is 0.232 e.